The van der Waals surface area contributed by atoms with E-state index >= 15 is 0 Å². The zero-order valence-corrected chi connectivity index (χ0v) is 17.7. The van der Waals surface area contributed by atoms with E-state index in [9.17, 15) is 4.79 Å². The molecule has 1 atom stereocenters. The number of esters is 1. The van der Waals surface area contributed by atoms with Crippen molar-refractivity contribution in [3.63, 3.8) is 0 Å². The number of carbonyl (C=O) groups excluding carboxylic acids is 1. The topological polar surface area (TPSA) is 42.0 Å². The third-order valence-corrected chi connectivity index (χ3v) is 6.59. The lowest BCUT2D eigenvalue weighted by atomic mass is 9.97. The molecular formula is C22H28N2O3S. The van der Waals surface area contributed by atoms with Gasteiger partial charge in [-0.3, -0.25) is 0 Å². The number of piperazine rings is 1. The number of rotatable bonds is 5. The maximum atomic E-state index is 12.6. The summed E-state index contributed by atoms with van der Waals surface area (Å²) in [6.07, 6.45) is 0.544. The van der Waals surface area contributed by atoms with E-state index in [0.717, 1.165) is 49.7 Å². The molecule has 0 aliphatic carbocycles. The number of nitrogens with zero attached hydrogens (tertiary/aromatic N) is 2. The molecule has 4 rings (SSSR count). The molecule has 1 fully saturated rings. The number of carbonyl (C=O) groups is 1. The first-order valence-corrected chi connectivity index (χ1v) is 11.0. The minimum Gasteiger partial charge on any atom is -0.473 e. The first-order chi connectivity index (χ1) is 13.5. The van der Waals surface area contributed by atoms with Crippen LogP contribution in [0, 0.1) is 0 Å². The van der Waals surface area contributed by atoms with Crippen LogP contribution < -0.4 is 9.64 Å². The highest BCUT2D eigenvalue weighted by atomic mass is 32.1. The van der Waals surface area contributed by atoms with E-state index in [0.29, 0.717) is 13.0 Å². The van der Waals surface area contributed by atoms with E-state index in [1.165, 1.54) is 10.4 Å². The number of benzene rings is 1. The molecule has 0 amide bonds. The number of hydrogen-bond donors (Lipinski definition) is 0. The van der Waals surface area contributed by atoms with Crippen molar-refractivity contribution in [2.24, 2.45) is 0 Å². The highest BCUT2D eigenvalue weighted by molar-refractivity contribution is 7.13. The Labute approximate surface area is 170 Å². The smallest absolute Gasteiger partial charge is 0.350 e. The molecule has 1 aromatic carbocycles. The predicted molar refractivity (Wildman–Crippen MR) is 113 cm³/mol. The van der Waals surface area contributed by atoms with Gasteiger partial charge >= 0.3 is 5.97 Å². The summed E-state index contributed by atoms with van der Waals surface area (Å²) >= 11 is 1.74. The molecule has 150 valence electrons. The van der Waals surface area contributed by atoms with Crippen LogP contribution in [0.5, 0.6) is 5.75 Å². The van der Waals surface area contributed by atoms with Crippen LogP contribution in [0.3, 0.4) is 0 Å². The molecule has 6 heteroatoms. The van der Waals surface area contributed by atoms with Gasteiger partial charge in [0.2, 0.25) is 5.60 Å². The average Bonchev–Trinajstić information content (AvgIpc) is 3.35. The second-order valence-electron chi connectivity index (χ2n) is 7.61. The number of ether oxygens (including phenoxy) is 2. The van der Waals surface area contributed by atoms with Crippen LogP contribution in [0.15, 0.2) is 29.6 Å². The predicted octanol–water partition coefficient (Wildman–Crippen LogP) is 3.81. The van der Waals surface area contributed by atoms with E-state index in [4.69, 9.17) is 9.47 Å². The van der Waals surface area contributed by atoms with Gasteiger partial charge in [0.25, 0.3) is 0 Å². The second-order valence-corrected chi connectivity index (χ2v) is 8.56. The molecule has 1 aromatic heterocycles. The van der Waals surface area contributed by atoms with Crippen molar-refractivity contribution in [1.82, 2.24) is 4.90 Å². The Hall–Kier alpha value is -2.05. The van der Waals surface area contributed by atoms with Crippen LogP contribution in [0.2, 0.25) is 0 Å². The summed E-state index contributed by atoms with van der Waals surface area (Å²) < 4.78 is 11.6. The van der Waals surface area contributed by atoms with Crippen LogP contribution in [0.1, 0.15) is 26.3 Å². The molecule has 0 radical (unpaired) electrons. The number of anilines is 1. The van der Waals surface area contributed by atoms with Crippen molar-refractivity contribution >= 4 is 23.0 Å². The van der Waals surface area contributed by atoms with Crippen molar-refractivity contribution < 1.29 is 14.3 Å². The van der Waals surface area contributed by atoms with Crippen LogP contribution in [-0.2, 0) is 16.0 Å². The summed E-state index contributed by atoms with van der Waals surface area (Å²) in [5.74, 6) is 0.562. The van der Waals surface area contributed by atoms with Crippen LogP contribution in [-0.4, -0.2) is 55.8 Å². The zero-order chi connectivity index (χ0) is 19.7. The van der Waals surface area contributed by atoms with Crippen molar-refractivity contribution in [3.05, 3.63) is 35.2 Å². The van der Waals surface area contributed by atoms with Gasteiger partial charge in [-0.25, -0.2) is 4.79 Å². The first kappa shape index (κ1) is 19.3. The maximum absolute atomic E-state index is 12.6. The van der Waals surface area contributed by atoms with Gasteiger partial charge in [0.1, 0.15) is 5.75 Å². The molecule has 1 saturated heterocycles. The largest absolute Gasteiger partial charge is 0.473 e. The second kappa shape index (κ2) is 7.76. The monoisotopic (exact) mass is 400 g/mol. The third-order valence-electron chi connectivity index (χ3n) is 5.67. The van der Waals surface area contributed by atoms with Gasteiger partial charge in [-0.2, -0.15) is 0 Å². The Morgan fingerprint density at radius 1 is 1.25 bits per heavy atom. The maximum Gasteiger partial charge on any atom is 0.350 e. The number of likely N-dealkylation sites (N-methyl/N-ethyl adjacent to an activating group) is 1. The third kappa shape index (κ3) is 3.51. The minimum atomic E-state index is -0.952. The van der Waals surface area contributed by atoms with Gasteiger partial charge in [0.05, 0.1) is 12.3 Å². The van der Waals surface area contributed by atoms with E-state index in [1.807, 2.05) is 13.8 Å². The summed E-state index contributed by atoms with van der Waals surface area (Å²) in [5, 5.41) is 2.10. The Morgan fingerprint density at radius 2 is 2.04 bits per heavy atom. The minimum absolute atomic E-state index is 0.286. The van der Waals surface area contributed by atoms with E-state index in [1.54, 1.807) is 11.3 Å². The molecule has 2 aromatic rings. The fourth-order valence-electron chi connectivity index (χ4n) is 4.07. The fraction of sp³-hybridized carbons (Fsp3) is 0.500. The summed E-state index contributed by atoms with van der Waals surface area (Å²) in [6.45, 7) is 11.3. The number of thiophene rings is 1. The number of hydrogen-bond acceptors (Lipinski definition) is 6. The molecule has 0 saturated carbocycles. The highest BCUT2D eigenvalue weighted by Crippen LogP contribution is 2.46. The lowest BCUT2D eigenvalue weighted by molar-refractivity contribution is -0.158. The van der Waals surface area contributed by atoms with Crippen molar-refractivity contribution in [3.8, 4) is 16.2 Å². The Kier molecular flexibility index (Phi) is 5.34. The van der Waals surface area contributed by atoms with Crippen LogP contribution in [0.4, 0.5) is 5.69 Å². The molecule has 0 spiro atoms. The first-order valence-electron chi connectivity index (χ1n) is 10.1. The Bertz CT molecular complexity index is 844. The Morgan fingerprint density at radius 3 is 2.68 bits per heavy atom. The summed E-state index contributed by atoms with van der Waals surface area (Å²) in [6, 6.07) is 8.62. The van der Waals surface area contributed by atoms with E-state index in [2.05, 4.69) is 46.4 Å². The molecule has 2 aliphatic heterocycles. The fourth-order valence-corrected chi connectivity index (χ4v) is 4.78. The van der Waals surface area contributed by atoms with Gasteiger partial charge in [0.15, 0.2) is 0 Å². The average molecular weight is 401 g/mol. The van der Waals surface area contributed by atoms with Crippen LogP contribution in [0.25, 0.3) is 10.4 Å². The van der Waals surface area contributed by atoms with Gasteiger partial charge in [0, 0.05) is 43.0 Å². The van der Waals surface area contributed by atoms with Crippen molar-refractivity contribution in [2.45, 2.75) is 32.8 Å². The molecule has 28 heavy (non-hydrogen) atoms. The van der Waals surface area contributed by atoms with Gasteiger partial charge in [-0.15, -0.1) is 11.3 Å². The molecule has 1 unspecified atom stereocenters. The summed E-state index contributed by atoms with van der Waals surface area (Å²) in [5.41, 5.74) is 2.43. The SMILES string of the molecule is CCOC(=O)C1(C)Cc2cc(-c3cccs3)cc(N3CCN(CC)CC3)c2O1. The molecular weight excluding hydrogens is 372 g/mol. The summed E-state index contributed by atoms with van der Waals surface area (Å²) in [4.78, 5) is 18.7. The highest BCUT2D eigenvalue weighted by Gasteiger charge is 2.45. The lowest BCUT2D eigenvalue weighted by Crippen LogP contribution is -2.46. The quantitative estimate of drug-likeness (QED) is 0.714. The molecule has 0 bridgehead atoms. The van der Waals surface area contributed by atoms with Crippen molar-refractivity contribution in [2.75, 3.05) is 44.2 Å². The van der Waals surface area contributed by atoms with Crippen LogP contribution >= 0.6 is 11.3 Å². The molecule has 3 heterocycles. The van der Waals surface area contributed by atoms with Gasteiger partial charge in [-0.05, 0) is 49.5 Å². The number of fused-ring (bicyclic) bond motifs is 1. The van der Waals surface area contributed by atoms with E-state index in [-0.39, 0.29) is 5.97 Å². The summed E-state index contributed by atoms with van der Waals surface area (Å²) in [7, 11) is 0. The lowest BCUT2D eigenvalue weighted by Gasteiger charge is -2.36. The Balaban J connectivity index is 1.71. The standard InChI is InChI=1S/C22H28N2O3S/c1-4-23-8-10-24(11-9-23)18-14-16(19-7-6-12-28-19)13-17-15-22(3,27-20(17)18)21(25)26-5-2/h6-7,12-14H,4-5,8-11,15H2,1-3H3. The van der Waals surface area contributed by atoms with Gasteiger partial charge < -0.3 is 19.3 Å². The van der Waals surface area contributed by atoms with Crippen molar-refractivity contribution in [1.29, 1.82) is 0 Å². The van der Waals surface area contributed by atoms with E-state index < -0.39 is 5.60 Å². The normalized spacial score (nSPS) is 22.0. The molecule has 5 nitrogen and oxygen atoms in total. The zero-order valence-electron chi connectivity index (χ0n) is 16.9. The molecule has 2 aliphatic rings. The molecule has 0 N–H and O–H groups in total. The van der Waals surface area contributed by atoms with Gasteiger partial charge in [-0.1, -0.05) is 13.0 Å².